The molecule has 1 unspecified atom stereocenters. The predicted molar refractivity (Wildman–Crippen MR) is 159 cm³/mol. The lowest BCUT2D eigenvalue weighted by Crippen LogP contribution is -2.22. The lowest BCUT2D eigenvalue weighted by atomic mass is 10.1. The van der Waals surface area contributed by atoms with E-state index in [4.69, 9.17) is 4.52 Å². The molecule has 0 aromatic heterocycles. The van der Waals surface area contributed by atoms with Gasteiger partial charge in [0.2, 0.25) is 0 Å². The lowest BCUT2D eigenvalue weighted by molar-refractivity contribution is 0.243. The third kappa shape index (κ3) is 27.2. The van der Waals surface area contributed by atoms with E-state index < -0.39 is 8.53 Å². The molecule has 0 aromatic rings. The van der Waals surface area contributed by atoms with Crippen molar-refractivity contribution in [3.8, 4) is 0 Å². The molecule has 212 valence electrons. The third-order valence-electron chi connectivity index (χ3n) is 7.24. The van der Waals surface area contributed by atoms with E-state index in [1.165, 1.54) is 154 Å². The Morgan fingerprint density at radius 2 is 0.714 bits per heavy atom. The van der Waals surface area contributed by atoms with Gasteiger partial charge in [0, 0.05) is 13.1 Å². The van der Waals surface area contributed by atoms with Gasteiger partial charge in [-0.15, -0.1) is 0 Å². The molecule has 0 spiro atoms. The number of unbranched alkanes of at least 4 members (excludes halogenated alkanes) is 22. The highest BCUT2D eigenvalue weighted by atomic mass is 31.2. The molecular weight excluding hydrogens is 449 g/mol. The summed E-state index contributed by atoms with van der Waals surface area (Å²) in [7, 11) is -1.41. The maximum absolute atomic E-state index is 10.8. The smallest absolute Gasteiger partial charge is 0.255 e. The lowest BCUT2D eigenvalue weighted by Gasteiger charge is -2.26. The first-order valence-corrected chi connectivity index (χ1v) is 17.3. The van der Waals surface area contributed by atoms with Crippen LogP contribution >= 0.6 is 8.53 Å². The summed E-state index contributed by atoms with van der Waals surface area (Å²) in [6.45, 7) is 9.58. The maximum atomic E-state index is 10.8. The summed E-state index contributed by atoms with van der Waals surface area (Å²) < 4.78 is 8.23. The molecule has 3 nitrogen and oxygen atoms in total. The summed E-state index contributed by atoms with van der Waals surface area (Å²) in [4.78, 5) is 10.8. The molecule has 35 heavy (non-hydrogen) atoms. The molecule has 0 saturated carbocycles. The van der Waals surface area contributed by atoms with Gasteiger partial charge >= 0.3 is 0 Å². The van der Waals surface area contributed by atoms with Crippen LogP contribution in [0.1, 0.15) is 181 Å². The topological polar surface area (TPSA) is 32.7 Å². The predicted octanol–water partition coefficient (Wildman–Crippen LogP) is 11.3. The van der Waals surface area contributed by atoms with Gasteiger partial charge < -0.3 is 9.42 Å². The van der Waals surface area contributed by atoms with Gasteiger partial charge in [0.1, 0.15) is 0 Å². The summed E-state index contributed by atoms with van der Waals surface area (Å²) in [6.07, 6.45) is 33.4. The molecule has 4 heteroatoms. The van der Waals surface area contributed by atoms with E-state index in [-0.39, 0.29) is 0 Å². The number of rotatable bonds is 30. The summed E-state index contributed by atoms with van der Waals surface area (Å²) in [5.41, 5.74) is 0. The van der Waals surface area contributed by atoms with E-state index in [1.807, 2.05) is 0 Å². The van der Waals surface area contributed by atoms with Crippen molar-refractivity contribution in [3.05, 3.63) is 0 Å². The standard InChI is InChI=1S/C31H66NO2P/c1-4-7-10-13-16-19-22-25-28-31-34-35(33)32(29-26-23-20-17-14-11-8-5-2)30-27-24-21-18-15-12-9-6-3/h33H,4-31H2,1-3H3. The van der Waals surface area contributed by atoms with Crippen molar-refractivity contribution in [2.75, 3.05) is 19.7 Å². The number of hydrogen-bond donors (Lipinski definition) is 1. The molecule has 0 rings (SSSR count). The van der Waals surface area contributed by atoms with Gasteiger partial charge in [-0.05, 0) is 19.3 Å². The summed E-state index contributed by atoms with van der Waals surface area (Å²) >= 11 is 0. The van der Waals surface area contributed by atoms with Crippen LogP contribution in [0, 0.1) is 0 Å². The fourth-order valence-electron chi connectivity index (χ4n) is 4.78. The average Bonchev–Trinajstić information content (AvgIpc) is 2.86. The molecule has 0 aromatic carbocycles. The van der Waals surface area contributed by atoms with Crippen molar-refractivity contribution in [1.29, 1.82) is 0 Å². The Hall–Kier alpha value is 0.310. The first-order chi connectivity index (χ1) is 17.3. The molecule has 0 amide bonds. The fourth-order valence-corrected chi connectivity index (χ4v) is 5.86. The molecule has 0 bridgehead atoms. The molecule has 0 aliphatic carbocycles. The highest BCUT2D eigenvalue weighted by Crippen LogP contribution is 2.37. The molecule has 0 radical (unpaired) electrons. The molecule has 0 fully saturated rings. The quantitative estimate of drug-likeness (QED) is 0.0762. The monoisotopic (exact) mass is 515 g/mol. The Labute approximate surface area is 223 Å². The Kier molecular flexibility index (Phi) is 30.8. The van der Waals surface area contributed by atoms with Crippen LogP contribution in [0.3, 0.4) is 0 Å². The van der Waals surface area contributed by atoms with Gasteiger partial charge in [-0.25, -0.2) is 4.67 Å². The van der Waals surface area contributed by atoms with E-state index in [1.54, 1.807) is 0 Å². The molecule has 0 aliphatic heterocycles. The van der Waals surface area contributed by atoms with Gasteiger partial charge in [0.25, 0.3) is 8.53 Å². The van der Waals surface area contributed by atoms with Crippen LogP contribution in [0.2, 0.25) is 0 Å². The normalized spacial score (nSPS) is 12.6. The van der Waals surface area contributed by atoms with Crippen LogP contribution in [-0.2, 0) is 4.52 Å². The minimum atomic E-state index is -1.41. The van der Waals surface area contributed by atoms with Crippen LogP contribution in [0.15, 0.2) is 0 Å². The van der Waals surface area contributed by atoms with E-state index in [0.717, 1.165) is 26.1 Å². The molecule has 0 aliphatic rings. The van der Waals surface area contributed by atoms with Gasteiger partial charge in [-0.3, -0.25) is 0 Å². The first kappa shape index (κ1) is 35.3. The van der Waals surface area contributed by atoms with E-state index >= 15 is 0 Å². The van der Waals surface area contributed by atoms with Gasteiger partial charge in [0.05, 0.1) is 6.61 Å². The Morgan fingerprint density at radius 3 is 1.06 bits per heavy atom. The van der Waals surface area contributed by atoms with Crippen molar-refractivity contribution in [3.63, 3.8) is 0 Å². The van der Waals surface area contributed by atoms with E-state index in [9.17, 15) is 4.89 Å². The highest BCUT2D eigenvalue weighted by Gasteiger charge is 2.17. The van der Waals surface area contributed by atoms with Gasteiger partial charge in [0.15, 0.2) is 0 Å². The Morgan fingerprint density at radius 1 is 0.429 bits per heavy atom. The maximum Gasteiger partial charge on any atom is 0.255 e. The third-order valence-corrected chi connectivity index (χ3v) is 8.53. The first-order valence-electron chi connectivity index (χ1n) is 16.1. The van der Waals surface area contributed by atoms with Crippen molar-refractivity contribution >= 4 is 8.53 Å². The minimum Gasteiger partial charge on any atom is -0.338 e. The zero-order valence-electron chi connectivity index (χ0n) is 24.5. The van der Waals surface area contributed by atoms with Crippen molar-refractivity contribution < 1.29 is 9.42 Å². The van der Waals surface area contributed by atoms with E-state index in [2.05, 4.69) is 25.4 Å². The Bertz CT molecular complexity index is 363. The molecule has 0 saturated heterocycles. The summed E-state index contributed by atoms with van der Waals surface area (Å²) in [5, 5.41) is 0. The van der Waals surface area contributed by atoms with Crippen molar-refractivity contribution in [2.24, 2.45) is 0 Å². The van der Waals surface area contributed by atoms with Crippen LogP contribution < -0.4 is 0 Å². The molecule has 1 N–H and O–H groups in total. The molecule has 1 atom stereocenters. The second-order valence-electron chi connectivity index (χ2n) is 10.8. The van der Waals surface area contributed by atoms with E-state index in [0.29, 0.717) is 0 Å². The zero-order chi connectivity index (χ0) is 25.7. The molecule has 0 heterocycles. The van der Waals surface area contributed by atoms with Crippen LogP contribution in [-0.4, -0.2) is 29.3 Å². The summed E-state index contributed by atoms with van der Waals surface area (Å²) in [5.74, 6) is 0. The largest absolute Gasteiger partial charge is 0.338 e. The average molecular weight is 516 g/mol. The number of nitrogens with zero attached hydrogens (tertiary/aromatic N) is 1. The van der Waals surface area contributed by atoms with Gasteiger partial charge in [-0.1, -0.05) is 162 Å². The van der Waals surface area contributed by atoms with Crippen molar-refractivity contribution in [2.45, 2.75) is 181 Å². The van der Waals surface area contributed by atoms with Crippen molar-refractivity contribution in [1.82, 2.24) is 4.67 Å². The second-order valence-corrected chi connectivity index (χ2v) is 12.1. The van der Waals surface area contributed by atoms with Crippen LogP contribution in [0.5, 0.6) is 0 Å². The zero-order valence-corrected chi connectivity index (χ0v) is 25.4. The summed E-state index contributed by atoms with van der Waals surface area (Å²) in [6, 6.07) is 0. The number of hydrogen-bond acceptors (Lipinski definition) is 3. The Balaban J connectivity index is 4.01. The van der Waals surface area contributed by atoms with Gasteiger partial charge in [-0.2, -0.15) is 0 Å². The fraction of sp³-hybridized carbons (Fsp3) is 1.00. The highest BCUT2D eigenvalue weighted by molar-refractivity contribution is 7.43. The SMILES string of the molecule is CCCCCCCCCCCOP(O)N(CCCCCCCCCC)CCCCCCCCCC. The second kappa shape index (κ2) is 30.5. The van der Waals surface area contributed by atoms with Crippen LogP contribution in [0.25, 0.3) is 0 Å². The van der Waals surface area contributed by atoms with Crippen LogP contribution in [0.4, 0.5) is 0 Å². The molecular formula is C31H66NO2P. The minimum absolute atomic E-state index is 0.726.